The van der Waals surface area contributed by atoms with Crippen LogP contribution in [-0.4, -0.2) is 10.2 Å². The number of phenols is 2. The molecule has 0 spiro atoms. The SMILES string of the molecule is Cc1cc(C(C)(C)c2ccc(C(C)(C)c3cc(C)c(O)c(C)c3C)cc2)c(C)c(C)c1O. The minimum Gasteiger partial charge on any atom is -0.507 e. The van der Waals surface area contributed by atoms with Crippen LogP contribution in [0.1, 0.15) is 83.3 Å². The summed E-state index contributed by atoms with van der Waals surface area (Å²) in [5, 5.41) is 20.7. The zero-order valence-electron chi connectivity index (χ0n) is 21.4. The average molecular weight is 431 g/mol. The summed E-state index contributed by atoms with van der Waals surface area (Å²) in [6.45, 7) is 21.1. The number of aromatic hydroxyl groups is 2. The van der Waals surface area contributed by atoms with Crippen molar-refractivity contribution in [3.63, 3.8) is 0 Å². The predicted molar refractivity (Wildman–Crippen MR) is 135 cm³/mol. The van der Waals surface area contributed by atoms with Crippen molar-refractivity contribution in [2.75, 3.05) is 0 Å². The third-order valence-electron chi connectivity index (χ3n) is 7.79. The Kier molecular flexibility index (Phi) is 5.97. The summed E-state index contributed by atoms with van der Waals surface area (Å²) in [5.74, 6) is 0.794. The molecule has 2 heteroatoms. The number of rotatable bonds is 4. The van der Waals surface area contributed by atoms with E-state index in [4.69, 9.17) is 0 Å². The number of hydrogen-bond donors (Lipinski definition) is 2. The number of aryl methyl sites for hydroxylation is 2. The molecule has 2 nitrogen and oxygen atoms in total. The van der Waals surface area contributed by atoms with Gasteiger partial charge in [-0.1, -0.05) is 64.1 Å². The normalized spacial score (nSPS) is 12.3. The van der Waals surface area contributed by atoms with Gasteiger partial charge in [-0.25, -0.2) is 0 Å². The first-order chi connectivity index (χ1) is 14.7. The van der Waals surface area contributed by atoms with Crippen LogP contribution in [0.4, 0.5) is 0 Å². The first-order valence-electron chi connectivity index (χ1n) is 11.4. The third-order valence-corrected chi connectivity index (χ3v) is 7.79. The van der Waals surface area contributed by atoms with Crippen molar-refractivity contribution in [1.82, 2.24) is 0 Å². The summed E-state index contributed by atoms with van der Waals surface area (Å²) < 4.78 is 0. The van der Waals surface area contributed by atoms with E-state index in [2.05, 4.69) is 77.9 Å². The second kappa shape index (κ2) is 7.99. The van der Waals surface area contributed by atoms with Crippen molar-refractivity contribution in [3.05, 3.63) is 92.0 Å². The van der Waals surface area contributed by atoms with Gasteiger partial charge in [-0.15, -0.1) is 0 Å². The lowest BCUT2D eigenvalue weighted by molar-refractivity contribution is 0.464. The van der Waals surface area contributed by atoms with Crippen LogP contribution in [0.15, 0.2) is 36.4 Å². The van der Waals surface area contributed by atoms with Gasteiger partial charge in [0.15, 0.2) is 0 Å². The molecule has 32 heavy (non-hydrogen) atoms. The second-order valence-electron chi connectivity index (χ2n) is 10.5. The van der Waals surface area contributed by atoms with E-state index in [0.717, 1.165) is 33.4 Å². The molecule has 0 saturated heterocycles. The molecule has 0 aliphatic rings. The highest BCUT2D eigenvalue weighted by molar-refractivity contribution is 5.55. The van der Waals surface area contributed by atoms with Gasteiger partial charge in [0.1, 0.15) is 11.5 Å². The minimum absolute atomic E-state index is 0.183. The Hall–Kier alpha value is -2.74. The van der Waals surface area contributed by atoms with Crippen LogP contribution in [-0.2, 0) is 10.8 Å². The van der Waals surface area contributed by atoms with Crippen LogP contribution in [0.25, 0.3) is 0 Å². The van der Waals surface area contributed by atoms with Crippen LogP contribution in [0.2, 0.25) is 0 Å². The summed E-state index contributed by atoms with van der Waals surface area (Å²) in [5.41, 5.74) is 10.7. The van der Waals surface area contributed by atoms with E-state index < -0.39 is 0 Å². The van der Waals surface area contributed by atoms with E-state index in [1.165, 1.54) is 22.3 Å². The van der Waals surface area contributed by atoms with E-state index in [1.54, 1.807) is 0 Å². The Morgan fingerprint density at radius 2 is 0.781 bits per heavy atom. The molecule has 0 saturated carbocycles. The van der Waals surface area contributed by atoms with Crippen molar-refractivity contribution in [2.24, 2.45) is 0 Å². The van der Waals surface area contributed by atoms with Gasteiger partial charge in [0, 0.05) is 10.8 Å². The molecule has 0 fully saturated rings. The fourth-order valence-electron chi connectivity index (χ4n) is 5.05. The molecule has 170 valence electrons. The van der Waals surface area contributed by atoms with Crippen LogP contribution >= 0.6 is 0 Å². The highest BCUT2D eigenvalue weighted by Gasteiger charge is 2.30. The van der Waals surface area contributed by atoms with Crippen LogP contribution < -0.4 is 0 Å². The van der Waals surface area contributed by atoms with Gasteiger partial charge in [-0.2, -0.15) is 0 Å². The summed E-state index contributed by atoms with van der Waals surface area (Å²) in [7, 11) is 0. The van der Waals surface area contributed by atoms with Crippen molar-refractivity contribution in [1.29, 1.82) is 0 Å². The maximum Gasteiger partial charge on any atom is 0.121 e. The first kappa shape index (κ1) is 23.9. The lowest BCUT2D eigenvalue weighted by Crippen LogP contribution is -2.23. The molecule has 0 aliphatic carbocycles. The topological polar surface area (TPSA) is 40.5 Å². The van der Waals surface area contributed by atoms with E-state index in [9.17, 15) is 10.2 Å². The van der Waals surface area contributed by atoms with Gasteiger partial charge in [-0.05, 0) is 97.2 Å². The molecule has 3 aromatic carbocycles. The molecule has 0 bridgehead atoms. The molecule has 2 N–H and O–H groups in total. The Bertz CT molecular complexity index is 1080. The quantitative estimate of drug-likeness (QED) is 0.447. The zero-order chi connectivity index (χ0) is 24.2. The highest BCUT2D eigenvalue weighted by Crippen LogP contribution is 2.41. The van der Waals surface area contributed by atoms with Gasteiger partial charge >= 0.3 is 0 Å². The first-order valence-corrected chi connectivity index (χ1v) is 11.4. The summed E-state index contributed by atoms with van der Waals surface area (Å²) in [6.07, 6.45) is 0. The van der Waals surface area contributed by atoms with Gasteiger partial charge in [-0.3, -0.25) is 0 Å². The lowest BCUT2D eigenvalue weighted by atomic mass is 9.72. The maximum absolute atomic E-state index is 10.3. The summed E-state index contributed by atoms with van der Waals surface area (Å²) in [6, 6.07) is 13.2. The summed E-state index contributed by atoms with van der Waals surface area (Å²) >= 11 is 0. The minimum atomic E-state index is -0.183. The Morgan fingerprint density at radius 1 is 0.500 bits per heavy atom. The van der Waals surface area contributed by atoms with Gasteiger partial charge in [0.25, 0.3) is 0 Å². The maximum atomic E-state index is 10.3. The number of hydrogen-bond acceptors (Lipinski definition) is 2. The third kappa shape index (κ3) is 3.70. The van der Waals surface area contributed by atoms with Crippen LogP contribution in [0.5, 0.6) is 11.5 Å². The molecule has 3 aromatic rings. The Balaban J connectivity index is 2.07. The second-order valence-corrected chi connectivity index (χ2v) is 10.5. The fourth-order valence-corrected chi connectivity index (χ4v) is 5.05. The highest BCUT2D eigenvalue weighted by atomic mass is 16.3. The van der Waals surface area contributed by atoms with Gasteiger partial charge < -0.3 is 10.2 Å². The van der Waals surface area contributed by atoms with Crippen LogP contribution in [0.3, 0.4) is 0 Å². The van der Waals surface area contributed by atoms with Crippen LogP contribution in [0, 0.1) is 41.5 Å². The largest absolute Gasteiger partial charge is 0.507 e. The van der Waals surface area contributed by atoms with Crippen molar-refractivity contribution in [3.8, 4) is 11.5 Å². The molecular weight excluding hydrogens is 392 g/mol. The predicted octanol–water partition coefficient (Wildman–Crippen LogP) is 7.60. The standard InChI is InChI=1S/C30H38O2/c1-17-15-25(19(3)21(5)27(17)31)29(7,8)23-11-13-24(14-12-23)30(9,10)26-16-18(2)28(32)22(6)20(26)4/h11-16,31-32H,1-10H3. The molecule has 0 radical (unpaired) electrons. The van der Waals surface area contributed by atoms with E-state index >= 15 is 0 Å². The lowest BCUT2D eigenvalue weighted by Gasteiger charge is -2.32. The van der Waals surface area contributed by atoms with Gasteiger partial charge in [0.05, 0.1) is 0 Å². The molecule has 0 atom stereocenters. The Morgan fingerprint density at radius 3 is 1.06 bits per heavy atom. The average Bonchev–Trinajstić information content (AvgIpc) is 2.75. The Labute approximate surface area is 194 Å². The smallest absolute Gasteiger partial charge is 0.121 e. The van der Waals surface area contributed by atoms with Crippen molar-refractivity contribution < 1.29 is 10.2 Å². The number of benzene rings is 3. The monoisotopic (exact) mass is 430 g/mol. The zero-order valence-corrected chi connectivity index (χ0v) is 21.4. The van der Waals surface area contributed by atoms with E-state index in [1.807, 2.05) is 27.7 Å². The number of phenolic OH excluding ortho intramolecular Hbond substituents is 2. The molecule has 0 amide bonds. The molecule has 3 rings (SSSR count). The summed E-state index contributed by atoms with van der Waals surface area (Å²) in [4.78, 5) is 0. The van der Waals surface area contributed by atoms with E-state index in [-0.39, 0.29) is 10.8 Å². The van der Waals surface area contributed by atoms with Crippen molar-refractivity contribution in [2.45, 2.75) is 80.1 Å². The van der Waals surface area contributed by atoms with Crippen molar-refractivity contribution >= 4 is 0 Å². The van der Waals surface area contributed by atoms with E-state index in [0.29, 0.717) is 11.5 Å². The molecule has 0 unspecified atom stereocenters. The molecular formula is C30H38O2. The molecule has 0 heterocycles. The molecule has 0 aromatic heterocycles. The fraction of sp³-hybridized carbons (Fsp3) is 0.400. The van der Waals surface area contributed by atoms with Gasteiger partial charge in [0.2, 0.25) is 0 Å². The molecule has 0 aliphatic heterocycles.